The average Bonchev–Trinajstić information content (AvgIpc) is 2.79. The summed E-state index contributed by atoms with van der Waals surface area (Å²) < 4.78 is 68.2. The first-order chi connectivity index (χ1) is 14.0. The van der Waals surface area contributed by atoms with Gasteiger partial charge in [0.15, 0.2) is 9.84 Å². The Bertz CT molecular complexity index is 1230. The standard InChI is InChI=1S/C21H23F3N2O3S/c1-12-5-7-15-13(10-12)19-17(26(15)16-4-3-9-25-11-18(16)27)8-6-14(21(22,23)24)20(19)30(2,28)29/h5-8,10,16,18,25,27H,3-4,9,11H2,1-2H3/t16-,18-/m0/s1. The van der Waals surface area contributed by atoms with Crippen LogP contribution in [-0.2, 0) is 16.0 Å². The smallest absolute Gasteiger partial charge is 0.390 e. The zero-order valence-electron chi connectivity index (χ0n) is 16.6. The fourth-order valence-corrected chi connectivity index (χ4v) is 5.67. The fraction of sp³-hybridized carbons (Fsp3) is 0.429. The molecule has 162 valence electrons. The van der Waals surface area contributed by atoms with Crippen LogP contribution in [-0.4, -0.2) is 43.5 Å². The van der Waals surface area contributed by atoms with E-state index in [4.69, 9.17) is 0 Å². The molecule has 1 saturated heterocycles. The van der Waals surface area contributed by atoms with E-state index >= 15 is 0 Å². The molecule has 0 bridgehead atoms. The van der Waals surface area contributed by atoms with Gasteiger partial charge in [-0.3, -0.25) is 0 Å². The van der Waals surface area contributed by atoms with Gasteiger partial charge >= 0.3 is 6.18 Å². The molecule has 0 unspecified atom stereocenters. The van der Waals surface area contributed by atoms with Gasteiger partial charge in [0.05, 0.1) is 28.1 Å². The summed E-state index contributed by atoms with van der Waals surface area (Å²) in [4.78, 5) is -0.705. The molecule has 0 spiro atoms. The molecule has 0 radical (unpaired) electrons. The van der Waals surface area contributed by atoms with Crippen molar-refractivity contribution in [3.63, 3.8) is 0 Å². The molecule has 9 heteroatoms. The third-order valence-electron chi connectivity index (χ3n) is 5.74. The molecule has 3 aromatic rings. The van der Waals surface area contributed by atoms with Crippen molar-refractivity contribution in [3.05, 3.63) is 41.5 Å². The molecular formula is C21H23F3N2O3S. The number of aryl methyl sites for hydroxylation is 1. The van der Waals surface area contributed by atoms with Crippen molar-refractivity contribution in [2.45, 2.75) is 43.0 Å². The highest BCUT2D eigenvalue weighted by molar-refractivity contribution is 7.91. The Balaban J connectivity index is 2.19. The van der Waals surface area contributed by atoms with Crippen molar-refractivity contribution >= 4 is 31.6 Å². The molecule has 30 heavy (non-hydrogen) atoms. The number of alkyl halides is 3. The first-order valence-electron chi connectivity index (χ1n) is 9.73. The number of halogens is 3. The van der Waals surface area contributed by atoms with E-state index < -0.39 is 32.6 Å². The zero-order valence-corrected chi connectivity index (χ0v) is 17.4. The molecule has 0 amide bonds. The Hall–Kier alpha value is -2.10. The number of benzene rings is 2. The van der Waals surface area contributed by atoms with Gasteiger partial charge in [-0.05, 0) is 50.6 Å². The summed E-state index contributed by atoms with van der Waals surface area (Å²) in [5.74, 6) is 0. The lowest BCUT2D eigenvalue weighted by Crippen LogP contribution is -2.31. The number of sulfone groups is 1. The monoisotopic (exact) mass is 440 g/mol. The first kappa shape index (κ1) is 21.1. The van der Waals surface area contributed by atoms with E-state index in [2.05, 4.69) is 5.32 Å². The predicted molar refractivity (Wildman–Crippen MR) is 109 cm³/mol. The molecule has 1 aliphatic heterocycles. The molecule has 0 aliphatic carbocycles. The van der Waals surface area contributed by atoms with Crippen molar-refractivity contribution < 1.29 is 26.7 Å². The number of aliphatic hydroxyl groups excluding tert-OH is 1. The third-order valence-corrected chi connectivity index (χ3v) is 6.90. The summed E-state index contributed by atoms with van der Waals surface area (Å²) in [5.41, 5.74) is 0.642. The molecule has 2 atom stereocenters. The topological polar surface area (TPSA) is 71.3 Å². The molecule has 2 aromatic carbocycles. The highest BCUT2D eigenvalue weighted by Gasteiger charge is 2.39. The number of hydrogen-bond acceptors (Lipinski definition) is 4. The van der Waals surface area contributed by atoms with Crippen LogP contribution in [0.4, 0.5) is 13.2 Å². The lowest BCUT2D eigenvalue weighted by atomic mass is 10.1. The van der Waals surface area contributed by atoms with Crippen molar-refractivity contribution in [2.75, 3.05) is 19.3 Å². The van der Waals surface area contributed by atoms with Gasteiger partial charge in [0, 0.05) is 29.1 Å². The van der Waals surface area contributed by atoms with E-state index in [1.807, 2.05) is 10.6 Å². The quantitative estimate of drug-likeness (QED) is 0.636. The Labute approximate surface area is 172 Å². The fourth-order valence-electron chi connectivity index (χ4n) is 4.50. The van der Waals surface area contributed by atoms with E-state index in [9.17, 15) is 26.7 Å². The number of rotatable bonds is 2. The van der Waals surface area contributed by atoms with Crippen LogP contribution in [0.3, 0.4) is 0 Å². The Morgan fingerprint density at radius 1 is 1.17 bits per heavy atom. The number of fused-ring (bicyclic) bond motifs is 3. The molecule has 0 saturated carbocycles. The minimum absolute atomic E-state index is 0.0652. The van der Waals surface area contributed by atoms with Crippen LogP contribution in [0.5, 0.6) is 0 Å². The van der Waals surface area contributed by atoms with E-state index in [1.54, 1.807) is 19.1 Å². The van der Waals surface area contributed by atoms with Gasteiger partial charge in [0.1, 0.15) is 0 Å². The van der Waals surface area contributed by atoms with Crippen LogP contribution < -0.4 is 5.32 Å². The van der Waals surface area contributed by atoms with Crippen molar-refractivity contribution in [1.29, 1.82) is 0 Å². The van der Waals surface area contributed by atoms with Crippen molar-refractivity contribution in [1.82, 2.24) is 9.88 Å². The Kier molecular flexibility index (Phi) is 5.11. The molecule has 4 rings (SSSR count). The maximum absolute atomic E-state index is 13.7. The number of aliphatic hydroxyl groups is 1. The molecule has 1 aliphatic rings. The van der Waals surface area contributed by atoms with Crippen molar-refractivity contribution in [2.24, 2.45) is 0 Å². The molecule has 1 fully saturated rings. The van der Waals surface area contributed by atoms with Gasteiger partial charge in [-0.15, -0.1) is 0 Å². The number of nitrogens with one attached hydrogen (secondary N) is 1. The van der Waals surface area contributed by atoms with Gasteiger partial charge in [0.25, 0.3) is 0 Å². The van der Waals surface area contributed by atoms with Crippen LogP contribution in [0.1, 0.15) is 30.0 Å². The molecule has 2 N–H and O–H groups in total. The third kappa shape index (κ3) is 3.48. The largest absolute Gasteiger partial charge is 0.417 e. The Morgan fingerprint density at radius 3 is 2.53 bits per heavy atom. The van der Waals surface area contributed by atoms with Crippen LogP contribution in [0.15, 0.2) is 35.2 Å². The summed E-state index contributed by atoms with van der Waals surface area (Å²) in [5, 5.41) is 14.4. The van der Waals surface area contributed by atoms with Crippen LogP contribution >= 0.6 is 0 Å². The van der Waals surface area contributed by atoms with E-state index in [1.165, 1.54) is 6.07 Å². The second-order valence-corrected chi connectivity index (χ2v) is 9.93. The van der Waals surface area contributed by atoms with Gasteiger partial charge in [-0.25, -0.2) is 8.42 Å². The number of aromatic nitrogens is 1. The average molecular weight is 440 g/mol. The zero-order chi connectivity index (χ0) is 21.8. The second-order valence-electron chi connectivity index (χ2n) is 7.98. The summed E-state index contributed by atoms with van der Waals surface area (Å²) >= 11 is 0. The summed E-state index contributed by atoms with van der Waals surface area (Å²) in [7, 11) is -4.19. The molecular weight excluding hydrogens is 417 g/mol. The second kappa shape index (κ2) is 7.25. The van der Waals surface area contributed by atoms with E-state index in [0.717, 1.165) is 30.9 Å². The maximum Gasteiger partial charge on any atom is 0.417 e. The first-order valence-corrected chi connectivity index (χ1v) is 11.6. The predicted octanol–water partition coefficient (Wildman–Crippen LogP) is 3.81. The lowest BCUT2D eigenvalue weighted by Gasteiger charge is -2.24. The molecule has 1 aromatic heterocycles. The van der Waals surface area contributed by atoms with Crippen LogP contribution in [0.25, 0.3) is 21.8 Å². The van der Waals surface area contributed by atoms with E-state index in [-0.39, 0.29) is 11.4 Å². The summed E-state index contributed by atoms with van der Waals surface area (Å²) in [6, 6.07) is 7.12. The van der Waals surface area contributed by atoms with Gasteiger partial charge in [-0.1, -0.05) is 11.6 Å². The normalized spacial score (nSPS) is 21.3. The maximum atomic E-state index is 13.7. The summed E-state index contributed by atoms with van der Waals surface area (Å²) in [6.07, 6.45) is -3.35. The van der Waals surface area contributed by atoms with Gasteiger partial charge < -0.3 is 15.0 Å². The number of hydrogen-bond donors (Lipinski definition) is 2. The lowest BCUT2D eigenvalue weighted by molar-refractivity contribution is -0.139. The van der Waals surface area contributed by atoms with E-state index in [0.29, 0.717) is 29.4 Å². The van der Waals surface area contributed by atoms with Crippen LogP contribution in [0.2, 0.25) is 0 Å². The minimum atomic E-state index is -4.81. The van der Waals surface area contributed by atoms with Crippen molar-refractivity contribution in [3.8, 4) is 0 Å². The highest BCUT2D eigenvalue weighted by atomic mass is 32.2. The van der Waals surface area contributed by atoms with Gasteiger partial charge in [-0.2, -0.15) is 13.2 Å². The Morgan fingerprint density at radius 2 is 1.87 bits per heavy atom. The SMILES string of the molecule is Cc1ccc2c(c1)c1c(S(C)(=O)=O)c(C(F)(F)F)ccc1n2[C@H]1CCCNC[C@@H]1O. The summed E-state index contributed by atoms with van der Waals surface area (Å²) in [6.45, 7) is 2.90. The molecule has 2 heterocycles. The number of β-amino-alcohol motifs (C(OH)–C–C–N with tert-alkyl or cyclic N) is 1. The number of nitrogens with zero attached hydrogens (tertiary/aromatic N) is 1. The van der Waals surface area contributed by atoms with Gasteiger partial charge in [0.2, 0.25) is 0 Å². The minimum Gasteiger partial charge on any atom is -0.390 e. The highest BCUT2D eigenvalue weighted by Crippen LogP contribution is 2.43. The van der Waals surface area contributed by atoms with Crippen LogP contribution in [0, 0.1) is 6.92 Å². The molecule has 5 nitrogen and oxygen atoms in total.